The highest BCUT2D eigenvalue weighted by Crippen LogP contribution is 2.41. The van der Waals surface area contributed by atoms with E-state index in [2.05, 4.69) is 15.5 Å². The van der Waals surface area contributed by atoms with Gasteiger partial charge in [0, 0.05) is 36.2 Å². The van der Waals surface area contributed by atoms with E-state index in [0.29, 0.717) is 11.4 Å². The molecule has 1 aliphatic heterocycles. The van der Waals surface area contributed by atoms with E-state index in [1.165, 1.54) is 0 Å². The van der Waals surface area contributed by atoms with Crippen LogP contribution in [-0.4, -0.2) is 25.5 Å². The molecule has 2 N–H and O–H groups in total. The average molecular weight is 399 g/mol. The van der Waals surface area contributed by atoms with Crippen molar-refractivity contribution in [1.82, 2.24) is 19.6 Å². The third-order valence-electron chi connectivity index (χ3n) is 5.81. The number of amides is 1. The average Bonchev–Trinajstić information content (AvgIpc) is 3.27. The van der Waals surface area contributed by atoms with Gasteiger partial charge in [-0.15, -0.1) is 0 Å². The smallest absolute Gasteiger partial charge is 0.275 e. The fourth-order valence-electron chi connectivity index (χ4n) is 4.32. The standard InChI is InChI=1S/C23H21N5O2/c1-14-19(23(30)28(27(14)2)16-11-7-4-8-12-16)17-13-18(29)24-22-20(17)21(25-26-22)15-9-5-3-6-10-15/h3-12,17H,13H2,1-2H3,(H2,24,25,26,29). The summed E-state index contributed by atoms with van der Waals surface area (Å²) in [6.07, 6.45) is 0.196. The molecule has 2 aromatic carbocycles. The van der Waals surface area contributed by atoms with E-state index in [1.54, 1.807) is 4.68 Å². The van der Waals surface area contributed by atoms with Gasteiger partial charge in [-0.3, -0.25) is 19.4 Å². The summed E-state index contributed by atoms with van der Waals surface area (Å²) in [6.45, 7) is 1.92. The van der Waals surface area contributed by atoms with Gasteiger partial charge in [-0.2, -0.15) is 5.10 Å². The number of fused-ring (bicyclic) bond motifs is 1. The lowest BCUT2D eigenvalue weighted by Gasteiger charge is -2.22. The Kier molecular flexibility index (Phi) is 4.17. The van der Waals surface area contributed by atoms with E-state index in [1.807, 2.05) is 79.3 Å². The number of nitrogens with zero attached hydrogens (tertiary/aromatic N) is 3. The predicted molar refractivity (Wildman–Crippen MR) is 115 cm³/mol. The number of H-pyrrole nitrogens is 1. The summed E-state index contributed by atoms with van der Waals surface area (Å²) in [7, 11) is 1.87. The lowest BCUT2D eigenvalue weighted by Crippen LogP contribution is -2.28. The van der Waals surface area contributed by atoms with Crippen molar-refractivity contribution in [3.05, 3.63) is 87.8 Å². The zero-order valence-corrected chi connectivity index (χ0v) is 16.7. The van der Waals surface area contributed by atoms with E-state index in [-0.39, 0.29) is 23.8 Å². The first-order valence-corrected chi connectivity index (χ1v) is 9.83. The number of para-hydroxylation sites is 1. The predicted octanol–water partition coefficient (Wildman–Crippen LogP) is 3.35. The number of nitrogens with one attached hydrogen (secondary N) is 2. The Morgan fingerprint density at radius 3 is 2.33 bits per heavy atom. The fourth-order valence-corrected chi connectivity index (χ4v) is 4.32. The molecule has 0 spiro atoms. The molecule has 1 unspecified atom stereocenters. The minimum atomic E-state index is -0.383. The van der Waals surface area contributed by atoms with Crippen LogP contribution in [0.2, 0.25) is 0 Å². The second-order valence-corrected chi connectivity index (χ2v) is 7.51. The van der Waals surface area contributed by atoms with Gasteiger partial charge in [0.25, 0.3) is 5.56 Å². The molecule has 0 radical (unpaired) electrons. The van der Waals surface area contributed by atoms with Crippen molar-refractivity contribution in [1.29, 1.82) is 0 Å². The van der Waals surface area contributed by atoms with Crippen LogP contribution >= 0.6 is 0 Å². The van der Waals surface area contributed by atoms with Gasteiger partial charge in [0.05, 0.1) is 11.4 Å². The van der Waals surface area contributed by atoms with Crippen molar-refractivity contribution < 1.29 is 4.79 Å². The first-order valence-electron chi connectivity index (χ1n) is 9.83. The number of carbonyl (C=O) groups is 1. The molecule has 4 aromatic rings. The third kappa shape index (κ3) is 2.70. The largest absolute Gasteiger partial charge is 0.309 e. The normalized spacial score (nSPS) is 15.7. The van der Waals surface area contributed by atoms with Crippen molar-refractivity contribution in [2.75, 3.05) is 5.32 Å². The molecule has 1 amide bonds. The van der Waals surface area contributed by atoms with Crippen LogP contribution in [0.15, 0.2) is 65.5 Å². The van der Waals surface area contributed by atoms with Crippen molar-refractivity contribution in [3.8, 4) is 16.9 Å². The second kappa shape index (κ2) is 6.88. The molecular formula is C23H21N5O2. The first-order chi connectivity index (χ1) is 14.6. The maximum atomic E-state index is 13.6. The van der Waals surface area contributed by atoms with E-state index in [9.17, 15) is 9.59 Å². The number of aromatic amines is 1. The molecule has 1 aliphatic rings. The Morgan fingerprint density at radius 1 is 0.967 bits per heavy atom. The quantitative estimate of drug-likeness (QED) is 0.554. The summed E-state index contributed by atoms with van der Waals surface area (Å²) in [5.41, 5.74) is 4.76. The topological polar surface area (TPSA) is 84.7 Å². The molecule has 0 fully saturated rings. The van der Waals surface area contributed by atoms with Gasteiger partial charge >= 0.3 is 0 Å². The van der Waals surface area contributed by atoms with Crippen LogP contribution in [0.3, 0.4) is 0 Å². The van der Waals surface area contributed by atoms with E-state index >= 15 is 0 Å². The highest BCUT2D eigenvalue weighted by Gasteiger charge is 2.36. The zero-order chi connectivity index (χ0) is 20.8. The molecule has 0 aliphatic carbocycles. The van der Waals surface area contributed by atoms with Gasteiger partial charge in [-0.05, 0) is 24.6 Å². The number of hydrogen-bond donors (Lipinski definition) is 2. The van der Waals surface area contributed by atoms with Crippen LogP contribution in [0.5, 0.6) is 0 Å². The molecule has 0 bridgehead atoms. The van der Waals surface area contributed by atoms with Gasteiger partial charge < -0.3 is 5.32 Å². The highest BCUT2D eigenvalue weighted by molar-refractivity contribution is 5.96. The zero-order valence-electron chi connectivity index (χ0n) is 16.7. The minimum absolute atomic E-state index is 0.118. The number of aromatic nitrogens is 4. The monoisotopic (exact) mass is 399 g/mol. The summed E-state index contributed by atoms with van der Waals surface area (Å²) >= 11 is 0. The highest BCUT2D eigenvalue weighted by atomic mass is 16.2. The van der Waals surface area contributed by atoms with Crippen molar-refractivity contribution in [2.45, 2.75) is 19.3 Å². The minimum Gasteiger partial charge on any atom is -0.309 e. The number of anilines is 1. The Balaban J connectivity index is 1.73. The summed E-state index contributed by atoms with van der Waals surface area (Å²) < 4.78 is 3.50. The Labute approximate surface area is 173 Å². The van der Waals surface area contributed by atoms with Crippen molar-refractivity contribution >= 4 is 11.7 Å². The van der Waals surface area contributed by atoms with Crippen LogP contribution < -0.4 is 10.9 Å². The SMILES string of the molecule is Cc1c(C2CC(=O)Nc3n[nH]c(-c4ccccc4)c32)c(=O)n(-c2ccccc2)n1C. The number of hydrogen-bond acceptors (Lipinski definition) is 3. The van der Waals surface area contributed by atoms with Crippen molar-refractivity contribution in [2.24, 2.45) is 7.05 Å². The molecule has 7 nitrogen and oxygen atoms in total. The number of benzene rings is 2. The summed E-state index contributed by atoms with van der Waals surface area (Å²) in [5.74, 6) is -0.0390. The molecule has 0 saturated heterocycles. The number of rotatable bonds is 3. The maximum Gasteiger partial charge on any atom is 0.275 e. The third-order valence-corrected chi connectivity index (χ3v) is 5.81. The van der Waals surface area contributed by atoms with Crippen LogP contribution in [0, 0.1) is 6.92 Å². The van der Waals surface area contributed by atoms with Crippen LogP contribution in [0.25, 0.3) is 16.9 Å². The van der Waals surface area contributed by atoms with Crippen molar-refractivity contribution in [3.63, 3.8) is 0 Å². The lowest BCUT2D eigenvalue weighted by atomic mass is 9.84. The molecule has 150 valence electrons. The summed E-state index contributed by atoms with van der Waals surface area (Å²) in [4.78, 5) is 26.0. The van der Waals surface area contributed by atoms with E-state index in [4.69, 9.17) is 0 Å². The summed E-state index contributed by atoms with van der Waals surface area (Å²) in [5, 5.41) is 10.2. The molecule has 3 heterocycles. The van der Waals surface area contributed by atoms with Gasteiger partial charge in [-0.1, -0.05) is 48.5 Å². The maximum absolute atomic E-state index is 13.6. The molecule has 5 rings (SSSR count). The molecule has 1 atom stereocenters. The van der Waals surface area contributed by atoms with Crippen LogP contribution in [-0.2, 0) is 11.8 Å². The lowest BCUT2D eigenvalue weighted by molar-refractivity contribution is -0.116. The molecule has 2 aromatic heterocycles. The molecule has 30 heavy (non-hydrogen) atoms. The fraction of sp³-hybridized carbons (Fsp3) is 0.174. The summed E-state index contributed by atoms with van der Waals surface area (Å²) in [6, 6.07) is 19.4. The Bertz CT molecular complexity index is 1300. The van der Waals surface area contributed by atoms with Gasteiger partial charge in [0.2, 0.25) is 5.91 Å². The Morgan fingerprint density at radius 2 is 1.63 bits per heavy atom. The van der Waals surface area contributed by atoms with E-state index in [0.717, 1.165) is 28.2 Å². The van der Waals surface area contributed by atoms with Crippen LogP contribution in [0.4, 0.5) is 5.82 Å². The van der Waals surface area contributed by atoms with Gasteiger partial charge in [0.1, 0.15) is 0 Å². The van der Waals surface area contributed by atoms with Gasteiger partial charge in [0.15, 0.2) is 5.82 Å². The van der Waals surface area contributed by atoms with Crippen LogP contribution in [0.1, 0.15) is 29.2 Å². The van der Waals surface area contributed by atoms with Gasteiger partial charge in [-0.25, -0.2) is 4.68 Å². The van der Waals surface area contributed by atoms with E-state index < -0.39 is 0 Å². The number of carbonyl (C=O) groups excluding carboxylic acids is 1. The first kappa shape index (κ1) is 18.2. The second-order valence-electron chi connectivity index (χ2n) is 7.51. The Hall–Kier alpha value is -3.87. The molecular weight excluding hydrogens is 378 g/mol. The molecule has 0 saturated carbocycles. The molecule has 7 heteroatoms.